The van der Waals surface area contributed by atoms with Crippen LogP contribution in [-0.2, 0) is 16.1 Å². The van der Waals surface area contributed by atoms with Gasteiger partial charge in [-0.25, -0.2) is 0 Å². The zero-order chi connectivity index (χ0) is 22.5. The van der Waals surface area contributed by atoms with Gasteiger partial charge in [-0.05, 0) is 58.4 Å². The molecule has 0 aromatic heterocycles. The normalized spacial score (nSPS) is 12.2. The molecule has 0 spiro atoms. The highest BCUT2D eigenvalue weighted by Gasteiger charge is 2.28. The van der Waals surface area contributed by atoms with Gasteiger partial charge in [0, 0.05) is 16.6 Å². The predicted molar refractivity (Wildman–Crippen MR) is 124 cm³/mol. The average Bonchev–Trinajstić information content (AvgIpc) is 2.64. The molecule has 30 heavy (non-hydrogen) atoms. The van der Waals surface area contributed by atoms with E-state index in [0.29, 0.717) is 17.3 Å². The van der Waals surface area contributed by atoms with E-state index in [0.717, 1.165) is 15.6 Å². The van der Waals surface area contributed by atoms with Crippen molar-refractivity contribution in [3.63, 3.8) is 0 Å². The number of benzene rings is 2. The molecule has 7 heteroatoms. The lowest BCUT2D eigenvalue weighted by molar-refractivity contribution is -0.142. The second-order valence-corrected chi connectivity index (χ2v) is 9.61. The topological polar surface area (TPSA) is 58.6 Å². The fourth-order valence-electron chi connectivity index (χ4n) is 2.76. The van der Waals surface area contributed by atoms with E-state index in [-0.39, 0.29) is 18.4 Å². The molecule has 2 amide bonds. The maximum absolute atomic E-state index is 13.0. The minimum absolute atomic E-state index is 0.218. The quantitative estimate of drug-likeness (QED) is 0.580. The van der Waals surface area contributed by atoms with Crippen molar-refractivity contribution in [2.45, 2.75) is 52.7 Å². The summed E-state index contributed by atoms with van der Waals surface area (Å²) in [5, 5.41) is 3.34. The van der Waals surface area contributed by atoms with Gasteiger partial charge in [0.2, 0.25) is 5.91 Å². The van der Waals surface area contributed by atoms with Gasteiger partial charge in [-0.2, -0.15) is 0 Å². The summed E-state index contributed by atoms with van der Waals surface area (Å²) in [7, 11) is 0. The molecule has 0 heterocycles. The van der Waals surface area contributed by atoms with Gasteiger partial charge in [0.1, 0.15) is 11.8 Å². The third-order valence-electron chi connectivity index (χ3n) is 4.38. The second kappa shape index (κ2) is 10.3. The second-order valence-electron chi connectivity index (χ2n) is 8.29. The Bertz CT molecular complexity index is 894. The zero-order valence-corrected chi connectivity index (χ0v) is 20.3. The Kier molecular flexibility index (Phi) is 8.33. The molecule has 1 unspecified atom stereocenters. The molecular formula is C23H28BrClN2O3. The smallest absolute Gasteiger partial charge is 0.261 e. The Morgan fingerprint density at radius 2 is 1.80 bits per heavy atom. The van der Waals surface area contributed by atoms with Crippen LogP contribution in [0.25, 0.3) is 0 Å². The molecule has 0 aliphatic rings. The van der Waals surface area contributed by atoms with Crippen molar-refractivity contribution < 1.29 is 14.3 Å². The molecule has 5 nitrogen and oxygen atoms in total. The van der Waals surface area contributed by atoms with E-state index >= 15 is 0 Å². The van der Waals surface area contributed by atoms with Crippen molar-refractivity contribution in [2.75, 3.05) is 6.61 Å². The van der Waals surface area contributed by atoms with Gasteiger partial charge < -0.3 is 15.0 Å². The van der Waals surface area contributed by atoms with Crippen LogP contribution in [0.3, 0.4) is 0 Å². The van der Waals surface area contributed by atoms with Crippen molar-refractivity contribution in [3.8, 4) is 5.75 Å². The first-order valence-electron chi connectivity index (χ1n) is 9.71. The number of nitrogens with one attached hydrogen (secondary N) is 1. The SMILES string of the molecule is Cc1ccc(CN(C(=O)COc2ccc(Br)cc2Cl)C(C)C(=O)NC(C)(C)C)cc1. The van der Waals surface area contributed by atoms with E-state index in [1.165, 1.54) is 4.90 Å². The maximum atomic E-state index is 13.0. The van der Waals surface area contributed by atoms with Crippen molar-refractivity contribution in [3.05, 3.63) is 63.1 Å². The summed E-state index contributed by atoms with van der Waals surface area (Å²) in [5.74, 6) is -0.106. The Balaban J connectivity index is 2.18. The fourth-order valence-corrected chi connectivity index (χ4v) is 3.49. The summed E-state index contributed by atoms with van der Waals surface area (Å²) >= 11 is 9.52. The van der Waals surface area contributed by atoms with Gasteiger partial charge in [0.15, 0.2) is 6.61 Å². The molecule has 0 radical (unpaired) electrons. The summed E-state index contributed by atoms with van der Waals surface area (Å²) < 4.78 is 6.47. The first-order valence-corrected chi connectivity index (χ1v) is 10.9. The Morgan fingerprint density at radius 3 is 2.37 bits per heavy atom. The minimum Gasteiger partial charge on any atom is -0.482 e. The molecule has 2 rings (SSSR count). The van der Waals surface area contributed by atoms with Crippen molar-refractivity contribution >= 4 is 39.3 Å². The van der Waals surface area contributed by atoms with E-state index in [4.69, 9.17) is 16.3 Å². The van der Waals surface area contributed by atoms with E-state index in [9.17, 15) is 9.59 Å². The summed E-state index contributed by atoms with van der Waals surface area (Å²) in [6.07, 6.45) is 0. The van der Waals surface area contributed by atoms with Crippen LogP contribution in [0.15, 0.2) is 46.9 Å². The lowest BCUT2D eigenvalue weighted by atomic mass is 10.1. The first-order chi connectivity index (χ1) is 14.0. The molecule has 0 aliphatic carbocycles. The fraction of sp³-hybridized carbons (Fsp3) is 0.391. The number of amides is 2. The highest BCUT2D eigenvalue weighted by Crippen LogP contribution is 2.27. The highest BCUT2D eigenvalue weighted by molar-refractivity contribution is 9.10. The number of ether oxygens (including phenoxy) is 1. The van der Waals surface area contributed by atoms with Gasteiger partial charge in [-0.3, -0.25) is 9.59 Å². The van der Waals surface area contributed by atoms with Gasteiger partial charge in [0.25, 0.3) is 5.91 Å². The Labute approximate surface area is 191 Å². The van der Waals surface area contributed by atoms with Crippen LogP contribution < -0.4 is 10.1 Å². The number of aryl methyl sites for hydroxylation is 1. The molecule has 0 fully saturated rings. The van der Waals surface area contributed by atoms with Gasteiger partial charge in [-0.1, -0.05) is 57.4 Å². The standard InChI is InChI=1S/C23H28BrClN2O3/c1-15-6-8-17(9-7-15)13-27(16(2)22(29)26-23(3,4)5)21(28)14-30-20-11-10-18(24)12-19(20)25/h6-12,16H,13-14H2,1-5H3,(H,26,29). The Morgan fingerprint density at radius 1 is 1.17 bits per heavy atom. The summed E-state index contributed by atoms with van der Waals surface area (Å²) in [5.41, 5.74) is 1.67. The van der Waals surface area contributed by atoms with E-state index < -0.39 is 11.6 Å². The molecular weight excluding hydrogens is 468 g/mol. The third kappa shape index (κ3) is 7.33. The van der Waals surface area contributed by atoms with Crippen LogP contribution in [0.4, 0.5) is 0 Å². The Hall–Kier alpha value is -2.05. The van der Waals surface area contributed by atoms with Gasteiger partial charge in [-0.15, -0.1) is 0 Å². The number of carbonyl (C=O) groups excluding carboxylic acids is 2. The number of carbonyl (C=O) groups is 2. The molecule has 2 aromatic rings. The van der Waals surface area contributed by atoms with Crippen LogP contribution in [0, 0.1) is 6.92 Å². The predicted octanol–water partition coefficient (Wildman–Crippen LogP) is 5.12. The van der Waals surface area contributed by atoms with Crippen molar-refractivity contribution in [1.82, 2.24) is 10.2 Å². The molecule has 0 aliphatic heterocycles. The van der Waals surface area contributed by atoms with Crippen LogP contribution >= 0.6 is 27.5 Å². The summed E-state index contributed by atoms with van der Waals surface area (Å²) in [6, 6.07) is 12.4. The molecule has 1 N–H and O–H groups in total. The molecule has 0 bridgehead atoms. The molecule has 0 saturated carbocycles. The summed E-state index contributed by atoms with van der Waals surface area (Å²) in [6.45, 7) is 9.52. The first kappa shape index (κ1) is 24.2. The monoisotopic (exact) mass is 494 g/mol. The van der Waals surface area contributed by atoms with E-state index in [2.05, 4.69) is 21.2 Å². The number of rotatable bonds is 7. The summed E-state index contributed by atoms with van der Waals surface area (Å²) in [4.78, 5) is 27.3. The minimum atomic E-state index is -0.665. The number of hydrogen-bond donors (Lipinski definition) is 1. The van der Waals surface area contributed by atoms with E-state index in [1.807, 2.05) is 52.0 Å². The van der Waals surface area contributed by atoms with Crippen LogP contribution in [0.1, 0.15) is 38.8 Å². The van der Waals surface area contributed by atoms with Gasteiger partial charge in [0.05, 0.1) is 5.02 Å². The zero-order valence-electron chi connectivity index (χ0n) is 18.0. The highest BCUT2D eigenvalue weighted by atomic mass is 79.9. The van der Waals surface area contributed by atoms with Crippen LogP contribution in [0.2, 0.25) is 5.02 Å². The van der Waals surface area contributed by atoms with Crippen molar-refractivity contribution in [2.24, 2.45) is 0 Å². The molecule has 0 saturated heterocycles. The lowest BCUT2D eigenvalue weighted by Gasteiger charge is -2.31. The maximum Gasteiger partial charge on any atom is 0.261 e. The van der Waals surface area contributed by atoms with Crippen LogP contribution in [-0.4, -0.2) is 34.9 Å². The largest absolute Gasteiger partial charge is 0.482 e. The van der Waals surface area contributed by atoms with Gasteiger partial charge >= 0.3 is 0 Å². The number of hydrogen-bond acceptors (Lipinski definition) is 3. The molecule has 1 atom stereocenters. The third-order valence-corrected chi connectivity index (χ3v) is 5.17. The van der Waals surface area contributed by atoms with E-state index in [1.54, 1.807) is 25.1 Å². The number of halogens is 2. The number of nitrogens with zero attached hydrogens (tertiary/aromatic N) is 1. The average molecular weight is 496 g/mol. The molecule has 2 aromatic carbocycles. The van der Waals surface area contributed by atoms with Crippen molar-refractivity contribution in [1.29, 1.82) is 0 Å². The van der Waals surface area contributed by atoms with Crippen LogP contribution in [0.5, 0.6) is 5.75 Å². The molecule has 162 valence electrons. The lowest BCUT2D eigenvalue weighted by Crippen LogP contribution is -2.53.